The van der Waals surface area contributed by atoms with Gasteiger partial charge in [-0.3, -0.25) is 4.79 Å². The van der Waals surface area contributed by atoms with Crippen LogP contribution in [0, 0.1) is 5.92 Å². The normalized spacial score (nSPS) is 11.8. The molecule has 1 amide bonds. The van der Waals surface area contributed by atoms with Gasteiger partial charge in [-0.15, -0.1) is 12.4 Å². The third kappa shape index (κ3) is 5.04. The van der Waals surface area contributed by atoms with Crippen molar-refractivity contribution in [1.29, 1.82) is 0 Å². The first-order chi connectivity index (χ1) is 8.04. The standard InChI is InChI=1S/C13H20N2O2.ClH/c1-9(2)12(14)13(16)15-11-6-4-5-10(7-11)8-17-3;/h4-7,9,12H,8,14H2,1-3H3,(H,15,16);1H/t12-;/m1./s1. The summed E-state index contributed by atoms with van der Waals surface area (Å²) in [5, 5.41) is 2.80. The highest BCUT2D eigenvalue weighted by molar-refractivity contribution is 5.94. The van der Waals surface area contributed by atoms with E-state index in [9.17, 15) is 4.79 Å². The second-order valence-corrected chi connectivity index (χ2v) is 4.39. The van der Waals surface area contributed by atoms with E-state index < -0.39 is 6.04 Å². The quantitative estimate of drug-likeness (QED) is 0.863. The van der Waals surface area contributed by atoms with E-state index in [-0.39, 0.29) is 24.2 Å². The van der Waals surface area contributed by atoms with Gasteiger partial charge in [0.1, 0.15) is 0 Å². The van der Waals surface area contributed by atoms with E-state index in [1.807, 2.05) is 38.1 Å². The summed E-state index contributed by atoms with van der Waals surface area (Å²) in [5.41, 5.74) is 7.54. The molecule has 18 heavy (non-hydrogen) atoms. The predicted molar refractivity (Wildman–Crippen MR) is 75.8 cm³/mol. The molecule has 0 unspecified atom stereocenters. The Hall–Kier alpha value is -1.10. The maximum atomic E-state index is 11.8. The lowest BCUT2D eigenvalue weighted by molar-refractivity contribution is -0.118. The van der Waals surface area contributed by atoms with Gasteiger partial charge in [-0.25, -0.2) is 0 Å². The molecule has 0 heterocycles. The van der Waals surface area contributed by atoms with Crippen LogP contribution in [0.25, 0.3) is 0 Å². The van der Waals surface area contributed by atoms with E-state index >= 15 is 0 Å². The summed E-state index contributed by atoms with van der Waals surface area (Å²) in [6.45, 7) is 4.37. The topological polar surface area (TPSA) is 64.3 Å². The van der Waals surface area contributed by atoms with Crippen molar-refractivity contribution in [2.45, 2.75) is 26.5 Å². The van der Waals surface area contributed by atoms with Crippen molar-refractivity contribution in [1.82, 2.24) is 0 Å². The van der Waals surface area contributed by atoms with Crippen LogP contribution < -0.4 is 11.1 Å². The monoisotopic (exact) mass is 272 g/mol. The van der Waals surface area contributed by atoms with Crippen LogP contribution in [0.3, 0.4) is 0 Å². The molecule has 0 spiro atoms. The Labute approximate surface area is 114 Å². The summed E-state index contributed by atoms with van der Waals surface area (Å²) in [7, 11) is 1.64. The van der Waals surface area contributed by atoms with Crippen molar-refractivity contribution in [3.63, 3.8) is 0 Å². The Balaban J connectivity index is 0.00000289. The molecule has 102 valence electrons. The number of nitrogens with two attached hydrogens (primary N) is 1. The van der Waals surface area contributed by atoms with E-state index in [2.05, 4.69) is 5.32 Å². The number of methoxy groups -OCH3 is 1. The number of carbonyl (C=O) groups excluding carboxylic acids is 1. The number of benzene rings is 1. The lowest BCUT2D eigenvalue weighted by atomic mass is 10.0. The molecule has 0 saturated carbocycles. The third-order valence-electron chi connectivity index (χ3n) is 2.53. The number of amides is 1. The number of carbonyl (C=O) groups is 1. The summed E-state index contributed by atoms with van der Waals surface area (Å²) < 4.78 is 5.04. The summed E-state index contributed by atoms with van der Waals surface area (Å²) >= 11 is 0. The Morgan fingerprint density at radius 3 is 2.67 bits per heavy atom. The second kappa shape index (κ2) is 8.08. The van der Waals surface area contributed by atoms with E-state index in [0.29, 0.717) is 6.61 Å². The smallest absolute Gasteiger partial charge is 0.241 e. The number of nitrogens with one attached hydrogen (secondary N) is 1. The van der Waals surface area contributed by atoms with Crippen LogP contribution in [-0.2, 0) is 16.1 Å². The minimum atomic E-state index is -0.485. The molecule has 0 aromatic heterocycles. The largest absolute Gasteiger partial charge is 0.380 e. The molecule has 0 saturated heterocycles. The number of halogens is 1. The molecule has 0 aliphatic carbocycles. The van der Waals surface area contributed by atoms with E-state index in [1.54, 1.807) is 7.11 Å². The number of anilines is 1. The van der Waals surface area contributed by atoms with Crippen LogP contribution in [0.5, 0.6) is 0 Å². The predicted octanol–water partition coefficient (Wildman–Crippen LogP) is 2.18. The van der Waals surface area contributed by atoms with Gasteiger partial charge in [0.2, 0.25) is 5.91 Å². The molecule has 0 bridgehead atoms. The Bertz CT molecular complexity index is 383. The molecule has 4 nitrogen and oxygen atoms in total. The molecule has 1 aromatic carbocycles. The molecular weight excluding hydrogens is 252 g/mol. The lowest BCUT2D eigenvalue weighted by Crippen LogP contribution is -2.39. The number of rotatable bonds is 5. The van der Waals surface area contributed by atoms with Gasteiger partial charge in [0.25, 0.3) is 0 Å². The molecule has 0 aliphatic heterocycles. The van der Waals surface area contributed by atoms with Gasteiger partial charge in [0.15, 0.2) is 0 Å². The Morgan fingerprint density at radius 1 is 1.44 bits per heavy atom. The fraction of sp³-hybridized carbons (Fsp3) is 0.462. The first-order valence-corrected chi connectivity index (χ1v) is 5.69. The van der Waals surface area contributed by atoms with Crippen molar-refractivity contribution >= 4 is 24.0 Å². The maximum Gasteiger partial charge on any atom is 0.241 e. The number of hydrogen-bond acceptors (Lipinski definition) is 3. The van der Waals surface area contributed by atoms with Gasteiger partial charge >= 0.3 is 0 Å². The molecule has 1 atom stereocenters. The third-order valence-corrected chi connectivity index (χ3v) is 2.53. The van der Waals surface area contributed by atoms with E-state index in [0.717, 1.165) is 11.3 Å². The van der Waals surface area contributed by atoms with Crippen molar-refractivity contribution in [3.8, 4) is 0 Å². The highest BCUT2D eigenvalue weighted by atomic mass is 35.5. The average molecular weight is 273 g/mol. The molecule has 0 fully saturated rings. The fourth-order valence-corrected chi connectivity index (χ4v) is 1.43. The highest BCUT2D eigenvalue weighted by Gasteiger charge is 2.16. The highest BCUT2D eigenvalue weighted by Crippen LogP contribution is 2.12. The second-order valence-electron chi connectivity index (χ2n) is 4.39. The maximum absolute atomic E-state index is 11.8. The molecule has 0 radical (unpaired) electrons. The van der Waals surface area contributed by atoms with Gasteiger partial charge in [0.05, 0.1) is 12.6 Å². The van der Waals surface area contributed by atoms with E-state index in [1.165, 1.54) is 0 Å². The van der Waals surface area contributed by atoms with Gasteiger partial charge in [-0.1, -0.05) is 26.0 Å². The SMILES string of the molecule is COCc1cccc(NC(=O)[C@H](N)C(C)C)c1.Cl. The van der Waals surface area contributed by atoms with Crippen LogP contribution in [-0.4, -0.2) is 19.1 Å². The van der Waals surface area contributed by atoms with Crippen LogP contribution in [0.2, 0.25) is 0 Å². The van der Waals surface area contributed by atoms with E-state index in [4.69, 9.17) is 10.5 Å². The molecular formula is C13H21ClN2O2. The molecule has 0 aliphatic rings. The molecule has 5 heteroatoms. The average Bonchev–Trinajstić information content (AvgIpc) is 2.28. The lowest BCUT2D eigenvalue weighted by Gasteiger charge is -2.15. The molecule has 1 rings (SSSR count). The minimum absolute atomic E-state index is 0. The van der Waals surface area contributed by atoms with Crippen LogP contribution in [0.15, 0.2) is 24.3 Å². The van der Waals surface area contributed by atoms with Gasteiger partial charge in [0, 0.05) is 12.8 Å². The van der Waals surface area contributed by atoms with Crippen LogP contribution in [0.4, 0.5) is 5.69 Å². The number of ether oxygens (including phenoxy) is 1. The number of hydrogen-bond donors (Lipinski definition) is 2. The Morgan fingerprint density at radius 2 is 2.11 bits per heavy atom. The van der Waals surface area contributed by atoms with Crippen molar-refractivity contribution in [3.05, 3.63) is 29.8 Å². The summed E-state index contributed by atoms with van der Waals surface area (Å²) in [6, 6.07) is 7.06. The zero-order valence-electron chi connectivity index (χ0n) is 11.0. The van der Waals surface area contributed by atoms with Crippen LogP contribution >= 0.6 is 12.4 Å². The van der Waals surface area contributed by atoms with Gasteiger partial charge < -0.3 is 15.8 Å². The first-order valence-electron chi connectivity index (χ1n) is 5.69. The summed E-state index contributed by atoms with van der Waals surface area (Å²) in [5.74, 6) is -0.0354. The molecule has 1 aromatic rings. The van der Waals surface area contributed by atoms with Crippen LogP contribution in [0.1, 0.15) is 19.4 Å². The minimum Gasteiger partial charge on any atom is -0.380 e. The van der Waals surface area contributed by atoms with Crippen molar-refractivity contribution in [2.24, 2.45) is 11.7 Å². The van der Waals surface area contributed by atoms with Crippen molar-refractivity contribution < 1.29 is 9.53 Å². The zero-order valence-corrected chi connectivity index (χ0v) is 11.8. The summed E-state index contributed by atoms with van der Waals surface area (Å²) in [4.78, 5) is 11.8. The zero-order chi connectivity index (χ0) is 12.8. The first kappa shape index (κ1) is 16.9. The molecule has 3 N–H and O–H groups in total. The van der Waals surface area contributed by atoms with Gasteiger partial charge in [-0.05, 0) is 23.6 Å². The van der Waals surface area contributed by atoms with Crippen molar-refractivity contribution in [2.75, 3.05) is 12.4 Å². The fourth-order valence-electron chi connectivity index (χ4n) is 1.43. The summed E-state index contributed by atoms with van der Waals surface area (Å²) in [6.07, 6.45) is 0. The Kier molecular flexibility index (Phi) is 7.59. The van der Waals surface area contributed by atoms with Gasteiger partial charge in [-0.2, -0.15) is 0 Å².